The predicted molar refractivity (Wildman–Crippen MR) is 68.6 cm³/mol. The van der Waals surface area contributed by atoms with Gasteiger partial charge >= 0.3 is 6.61 Å². The van der Waals surface area contributed by atoms with E-state index in [1.165, 1.54) is 13.5 Å². The fourth-order valence-electron chi connectivity index (χ4n) is 2.16. The van der Waals surface area contributed by atoms with Crippen LogP contribution in [0.4, 0.5) is 8.78 Å². The number of para-hydroxylation sites is 1. The first-order valence-corrected chi connectivity index (χ1v) is 6.43. The maximum Gasteiger partial charge on any atom is 0.387 e. The lowest BCUT2D eigenvalue weighted by molar-refractivity contribution is -0.0518. The number of halogens is 2. The van der Waals surface area contributed by atoms with Gasteiger partial charge in [0.15, 0.2) is 11.5 Å². The van der Waals surface area contributed by atoms with Gasteiger partial charge in [-0.1, -0.05) is 19.1 Å². The van der Waals surface area contributed by atoms with Crippen LogP contribution in [0.3, 0.4) is 0 Å². The van der Waals surface area contributed by atoms with Crippen molar-refractivity contribution in [1.82, 2.24) is 5.32 Å². The minimum Gasteiger partial charge on any atom is -0.493 e. The number of hydrogen-bond acceptors (Lipinski definition) is 3. The van der Waals surface area contributed by atoms with Crippen LogP contribution < -0.4 is 14.8 Å². The molecule has 1 fully saturated rings. The number of methoxy groups -OCH3 is 1. The van der Waals surface area contributed by atoms with Gasteiger partial charge in [-0.3, -0.25) is 0 Å². The zero-order valence-corrected chi connectivity index (χ0v) is 11.2. The number of nitrogens with one attached hydrogen (secondary N) is 1. The summed E-state index contributed by atoms with van der Waals surface area (Å²) in [7, 11) is 1.44. The molecule has 0 saturated heterocycles. The number of rotatable bonds is 7. The van der Waals surface area contributed by atoms with Crippen molar-refractivity contribution in [3.63, 3.8) is 0 Å². The SMILES string of the molecule is COc1cccc(CNCC2CC2C)c1OC(F)F. The van der Waals surface area contributed by atoms with Crippen molar-refractivity contribution < 1.29 is 18.3 Å². The molecule has 3 nitrogen and oxygen atoms in total. The molecule has 19 heavy (non-hydrogen) atoms. The minimum absolute atomic E-state index is 0.122. The smallest absolute Gasteiger partial charge is 0.387 e. The second-order valence-corrected chi connectivity index (χ2v) is 4.93. The summed E-state index contributed by atoms with van der Waals surface area (Å²) in [6.07, 6.45) is 1.24. The van der Waals surface area contributed by atoms with Crippen molar-refractivity contribution in [1.29, 1.82) is 0 Å². The van der Waals surface area contributed by atoms with Crippen LogP contribution in [-0.2, 0) is 6.54 Å². The van der Waals surface area contributed by atoms with Crippen LogP contribution in [0.5, 0.6) is 11.5 Å². The van der Waals surface area contributed by atoms with Crippen LogP contribution in [0.2, 0.25) is 0 Å². The number of alkyl halides is 2. The van der Waals surface area contributed by atoms with Gasteiger partial charge in [0, 0.05) is 12.1 Å². The zero-order chi connectivity index (χ0) is 13.8. The molecule has 1 aromatic rings. The number of hydrogen-bond donors (Lipinski definition) is 1. The van der Waals surface area contributed by atoms with Crippen molar-refractivity contribution in [2.75, 3.05) is 13.7 Å². The standard InChI is InChI=1S/C14H19F2NO2/c1-9-6-11(9)8-17-7-10-4-3-5-12(18-2)13(10)19-14(15)16/h3-5,9,11,14,17H,6-8H2,1-2H3. The Morgan fingerprint density at radius 3 is 2.74 bits per heavy atom. The van der Waals surface area contributed by atoms with Crippen molar-refractivity contribution in [3.05, 3.63) is 23.8 Å². The molecule has 1 aromatic carbocycles. The molecule has 0 amide bonds. The number of ether oxygens (including phenoxy) is 2. The Kier molecular flexibility index (Phi) is 4.58. The molecule has 0 aliphatic heterocycles. The van der Waals surface area contributed by atoms with E-state index in [0.717, 1.165) is 12.5 Å². The van der Waals surface area contributed by atoms with Gasteiger partial charge < -0.3 is 14.8 Å². The molecular formula is C14H19F2NO2. The van der Waals surface area contributed by atoms with E-state index in [1.54, 1.807) is 18.2 Å². The monoisotopic (exact) mass is 271 g/mol. The largest absolute Gasteiger partial charge is 0.493 e. The minimum atomic E-state index is -2.85. The van der Waals surface area contributed by atoms with Crippen molar-refractivity contribution in [3.8, 4) is 11.5 Å². The maximum absolute atomic E-state index is 12.4. The molecule has 0 bridgehead atoms. The Hall–Kier alpha value is -1.36. The van der Waals surface area contributed by atoms with Crippen LogP contribution in [-0.4, -0.2) is 20.3 Å². The lowest BCUT2D eigenvalue weighted by atomic mass is 10.2. The molecule has 2 unspecified atom stereocenters. The average molecular weight is 271 g/mol. The Labute approximate surface area is 111 Å². The summed E-state index contributed by atoms with van der Waals surface area (Å²) in [5.74, 6) is 1.94. The summed E-state index contributed by atoms with van der Waals surface area (Å²) >= 11 is 0. The summed E-state index contributed by atoms with van der Waals surface area (Å²) in [6, 6.07) is 5.15. The maximum atomic E-state index is 12.4. The summed E-state index contributed by atoms with van der Waals surface area (Å²) in [5.41, 5.74) is 0.688. The first-order chi connectivity index (χ1) is 9.11. The van der Waals surface area contributed by atoms with Gasteiger partial charge in [0.1, 0.15) is 0 Å². The molecule has 0 radical (unpaired) electrons. The molecule has 1 aliphatic carbocycles. The highest BCUT2D eigenvalue weighted by molar-refractivity contribution is 5.46. The molecule has 106 valence electrons. The lowest BCUT2D eigenvalue weighted by Gasteiger charge is -2.14. The summed E-state index contributed by atoms with van der Waals surface area (Å²) < 4.78 is 34.5. The second-order valence-electron chi connectivity index (χ2n) is 4.93. The van der Waals surface area contributed by atoms with E-state index in [-0.39, 0.29) is 5.75 Å². The van der Waals surface area contributed by atoms with Crippen LogP contribution in [0.1, 0.15) is 18.9 Å². The van der Waals surface area contributed by atoms with E-state index in [1.807, 2.05) is 0 Å². The van der Waals surface area contributed by atoms with E-state index in [0.29, 0.717) is 23.8 Å². The van der Waals surface area contributed by atoms with Crippen LogP contribution in [0.15, 0.2) is 18.2 Å². The molecule has 1 aliphatic rings. The molecule has 1 saturated carbocycles. The fraction of sp³-hybridized carbons (Fsp3) is 0.571. The quantitative estimate of drug-likeness (QED) is 0.827. The third-order valence-electron chi connectivity index (χ3n) is 3.49. The molecule has 2 atom stereocenters. The highest BCUT2D eigenvalue weighted by Gasteiger charge is 2.31. The first kappa shape index (κ1) is 14.1. The molecular weight excluding hydrogens is 252 g/mol. The van der Waals surface area contributed by atoms with E-state index in [9.17, 15) is 8.78 Å². The van der Waals surface area contributed by atoms with E-state index < -0.39 is 6.61 Å². The lowest BCUT2D eigenvalue weighted by Crippen LogP contribution is -2.18. The first-order valence-electron chi connectivity index (χ1n) is 6.43. The molecule has 0 spiro atoms. The normalized spacial score (nSPS) is 21.5. The van der Waals surface area contributed by atoms with Gasteiger partial charge in [-0.05, 0) is 30.9 Å². The third-order valence-corrected chi connectivity index (χ3v) is 3.49. The van der Waals surface area contributed by atoms with Crippen molar-refractivity contribution in [2.45, 2.75) is 26.5 Å². The highest BCUT2D eigenvalue weighted by atomic mass is 19.3. The third kappa shape index (κ3) is 3.80. The summed E-state index contributed by atoms with van der Waals surface area (Å²) in [5, 5.41) is 3.28. The molecule has 2 rings (SSSR count). The van der Waals surface area contributed by atoms with E-state index in [2.05, 4.69) is 17.0 Å². The molecule has 1 N–H and O–H groups in total. The van der Waals surface area contributed by atoms with Crippen molar-refractivity contribution >= 4 is 0 Å². The topological polar surface area (TPSA) is 30.5 Å². The number of benzene rings is 1. The van der Waals surface area contributed by atoms with Crippen LogP contribution >= 0.6 is 0 Å². The van der Waals surface area contributed by atoms with Gasteiger partial charge in [-0.2, -0.15) is 8.78 Å². The van der Waals surface area contributed by atoms with Gasteiger partial charge in [0.05, 0.1) is 7.11 Å². The van der Waals surface area contributed by atoms with E-state index >= 15 is 0 Å². The zero-order valence-electron chi connectivity index (χ0n) is 11.2. The molecule has 5 heteroatoms. The van der Waals surface area contributed by atoms with Gasteiger partial charge in [0.2, 0.25) is 0 Å². The average Bonchev–Trinajstić information content (AvgIpc) is 3.06. The highest BCUT2D eigenvalue weighted by Crippen LogP contribution is 2.37. The Morgan fingerprint density at radius 2 is 2.16 bits per heavy atom. The van der Waals surface area contributed by atoms with Crippen LogP contribution in [0.25, 0.3) is 0 Å². The second kappa shape index (κ2) is 6.19. The summed E-state index contributed by atoms with van der Waals surface area (Å²) in [4.78, 5) is 0. The Bertz CT molecular complexity index is 426. The molecule has 0 heterocycles. The Balaban J connectivity index is 2.00. The predicted octanol–water partition coefficient (Wildman–Crippen LogP) is 3.04. The Morgan fingerprint density at radius 1 is 1.42 bits per heavy atom. The van der Waals surface area contributed by atoms with Gasteiger partial charge in [-0.25, -0.2) is 0 Å². The van der Waals surface area contributed by atoms with Gasteiger partial charge in [0.25, 0.3) is 0 Å². The van der Waals surface area contributed by atoms with Crippen molar-refractivity contribution in [2.24, 2.45) is 11.8 Å². The summed E-state index contributed by atoms with van der Waals surface area (Å²) in [6.45, 7) is 0.775. The molecule has 0 aromatic heterocycles. The van der Waals surface area contributed by atoms with E-state index in [4.69, 9.17) is 4.74 Å². The van der Waals surface area contributed by atoms with Crippen LogP contribution in [0, 0.1) is 11.8 Å². The fourth-order valence-corrected chi connectivity index (χ4v) is 2.16. The van der Waals surface area contributed by atoms with Gasteiger partial charge in [-0.15, -0.1) is 0 Å².